The third-order valence-electron chi connectivity index (χ3n) is 3.69. The van der Waals surface area contributed by atoms with E-state index in [2.05, 4.69) is 0 Å². The van der Waals surface area contributed by atoms with Crippen LogP contribution >= 0.6 is 11.6 Å². The Hall–Kier alpha value is -2.21. The smallest absolute Gasteiger partial charge is 0.416 e. The van der Waals surface area contributed by atoms with Crippen LogP contribution in [0.2, 0.25) is 5.02 Å². The maximum atomic E-state index is 12.8. The van der Waals surface area contributed by atoms with Gasteiger partial charge in [0.05, 0.1) is 19.1 Å². The SMILES string of the molecule is COc1ccc(Cl)cc1CN(C)C(=O)Cc1cccc(C(F)(F)F)c1. The minimum absolute atomic E-state index is 0.122. The molecular weight excluding hydrogens is 355 g/mol. The van der Waals surface area contributed by atoms with E-state index in [1.807, 2.05) is 0 Å². The molecule has 1 amide bonds. The van der Waals surface area contributed by atoms with Crippen LogP contribution in [0.5, 0.6) is 5.75 Å². The fourth-order valence-corrected chi connectivity index (χ4v) is 2.58. The van der Waals surface area contributed by atoms with Gasteiger partial charge >= 0.3 is 6.18 Å². The van der Waals surface area contributed by atoms with Crippen LogP contribution in [0.1, 0.15) is 16.7 Å². The second kappa shape index (κ2) is 7.78. The van der Waals surface area contributed by atoms with Gasteiger partial charge in [-0.3, -0.25) is 4.79 Å². The Morgan fingerprint density at radius 2 is 1.92 bits per heavy atom. The number of hydrogen-bond acceptors (Lipinski definition) is 2. The summed E-state index contributed by atoms with van der Waals surface area (Å²) in [6.45, 7) is 0.238. The lowest BCUT2D eigenvalue weighted by atomic mass is 10.1. The van der Waals surface area contributed by atoms with Gasteiger partial charge in [0.1, 0.15) is 5.75 Å². The molecule has 0 aliphatic rings. The highest BCUT2D eigenvalue weighted by atomic mass is 35.5. The van der Waals surface area contributed by atoms with E-state index < -0.39 is 11.7 Å². The molecule has 0 saturated heterocycles. The lowest BCUT2D eigenvalue weighted by Crippen LogP contribution is -2.28. The maximum Gasteiger partial charge on any atom is 0.416 e. The third kappa shape index (κ3) is 5.13. The third-order valence-corrected chi connectivity index (χ3v) is 3.92. The van der Waals surface area contributed by atoms with Crippen LogP contribution in [0.25, 0.3) is 0 Å². The number of halogens is 4. The molecule has 0 saturated carbocycles. The molecule has 0 N–H and O–H groups in total. The van der Waals surface area contributed by atoms with E-state index in [4.69, 9.17) is 16.3 Å². The van der Waals surface area contributed by atoms with Crippen LogP contribution in [-0.4, -0.2) is 25.0 Å². The molecule has 0 radical (unpaired) electrons. The van der Waals surface area contributed by atoms with Crippen molar-refractivity contribution in [3.63, 3.8) is 0 Å². The number of ether oxygens (including phenoxy) is 1. The topological polar surface area (TPSA) is 29.5 Å². The Morgan fingerprint density at radius 3 is 2.56 bits per heavy atom. The van der Waals surface area contributed by atoms with E-state index in [0.29, 0.717) is 16.3 Å². The molecule has 0 aromatic heterocycles. The summed E-state index contributed by atoms with van der Waals surface area (Å²) in [5.41, 5.74) is 0.261. The van der Waals surface area contributed by atoms with Crippen molar-refractivity contribution in [3.8, 4) is 5.75 Å². The van der Waals surface area contributed by atoms with Crippen LogP contribution in [0.3, 0.4) is 0 Å². The number of methoxy groups -OCH3 is 1. The Balaban J connectivity index is 2.10. The van der Waals surface area contributed by atoms with Gasteiger partial charge in [-0.05, 0) is 29.8 Å². The van der Waals surface area contributed by atoms with Crippen LogP contribution < -0.4 is 4.74 Å². The van der Waals surface area contributed by atoms with Gasteiger partial charge in [-0.25, -0.2) is 0 Å². The summed E-state index contributed by atoms with van der Waals surface area (Å²) in [7, 11) is 3.09. The van der Waals surface area contributed by atoms with E-state index in [-0.39, 0.29) is 18.9 Å². The number of nitrogens with zero attached hydrogens (tertiary/aromatic N) is 1. The predicted octanol–water partition coefficient (Wildman–Crippen LogP) is 4.57. The van der Waals surface area contributed by atoms with Gasteiger partial charge in [0.15, 0.2) is 0 Å². The summed E-state index contributed by atoms with van der Waals surface area (Å²) < 4.78 is 43.5. The number of benzene rings is 2. The number of carbonyl (C=O) groups is 1. The first-order valence-corrected chi connectivity index (χ1v) is 7.81. The van der Waals surface area contributed by atoms with Gasteiger partial charge in [-0.2, -0.15) is 13.2 Å². The lowest BCUT2D eigenvalue weighted by molar-refractivity contribution is -0.138. The highest BCUT2D eigenvalue weighted by Crippen LogP contribution is 2.30. The van der Waals surface area contributed by atoms with Crippen LogP contribution in [0, 0.1) is 0 Å². The number of likely N-dealkylation sites (N-methyl/N-ethyl adjacent to an activating group) is 1. The number of hydrogen-bond donors (Lipinski definition) is 0. The molecule has 2 rings (SSSR count). The standard InChI is InChI=1S/C18H17ClF3NO2/c1-23(11-13-10-15(19)6-7-16(13)25-2)17(24)9-12-4-3-5-14(8-12)18(20,21)22/h3-8,10H,9,11H2,1-2H3. The molecule has 0 atom stereocenters. The second-order valence-electron chi connectivity index (χ2n) is 5.58. The summed E-state index contributed by atoms with van der Waals surface area (Å²) >= 11 is 5.96. The molecule has 0 unspecified atom stereocenters. The van der Waals surface area contributed by atoms with Crippen molar-refractivity contribution in [3.05, 3.63) is 64.2 Å². The van der Waals surface area contributed by atoms with Crippen molar-refractivity contribution < 1.29 is 22.7 Å². The van der Waals surface area contributed by atoms with Gasteiger partial charge in [0.25, 0.3) is 0 Å². The predicted molar refractivity (Wildman–Crippen MR) is 89.6 cm³/mol. The average Bonchev–Trinajstić information content (AvgIpc) is 2.54. The minimum Gasteiger partial charge on any atom is -0.496 e. The molecule has 2 aromatic rings. The zero-order valence-corrected chi connectivity index (χ0v) is 14.5. The van der Waals surface area contributed by atoms with E-state index in [0.717, 1.165) is 17.7 Å². The van der Waals surface area contributed by atoms with Crippen LogP contribution in [0.4, 0.5) is 13.2 Å². The first-order valence-electron chi connectivity index (χ1n) is 7.43. The molecule has 0 spiro atoms. The monoisotopic (exact) mass is 371 g/mol. The Labute approximate surface area is 149 Å². The van der Waals surface area contributed by atoms with Crippen molar-refractivity contribution in [2.24, 2.45) is 0 Å². The molecule has 134 valence electrons. The summed E-state index contributed by atoms with van der Waals surface area (Å²) in [6.07, 6.45) is -4.55. The number of amides is 1. The van der Waals surface area contributed by atoms with Crippen molar-refractivity contribution in [1.29, 1.82) is 0 Å². The molecule has 2 aromatic carbocycles. The fraction of sp³-hybridized carbons (Fsp3) is 0.278. The van der Waals surface area contributed by atoms with Gasteiger partial charge < -0.3 is 9.64 Å². The molecule has 0 fully saturated rings. The van der Waals surface area contributed by atoms with Gasteiger partial charge in [0, 0.05) is 24.2 Å². The van der Waals surface area contributed by atoms with E-state index >= 15 is 0 Å². The largest absolute Gasteiger partial charge is 0.496 e. The molecular formula is C18H17ClF3NO2. The first-order chi connectivity index (χ1) is 11.7. The van der Waals surface area contributed by atoms with Crippen molar-refractivity contribution in [2.45, 2.75) is 19.1 Å². The normalized spacial score (nSPS) is 11.3. The van der Waals surface area contributed by atoms with Gasteiger partial charge in [0.2, 0.25) is 5.91 Å². The van der Waals surface area contributed by atoms with Crippen LogP contribution in [-0.2, 0) is 23.9 Å². The average molecular weight is 372 g/mol. The zero-order valence-electron chi connectivity index (χ0n) is 13.7. The molecule has 0 heterocycles. The lowest BCUT2D eigenvalue weighted by Gasteiger charge is -2.19. The molecule has 3 nitrogen and oxygen atoms in total. The molecule has 25 heavy (non-hydrogen) atoms. The van der Waals surface area contributed by atoms with Crippen LogP contribution in [0.15, 0.2) is 42.5 Å². The Morgan fingerprint density at radius 1 is 1.20 bits per heavy atom. The van der Waals surface area contributed by atoms with E-state index in [1.165, 1.54) is 24.1 Å². The van der Waals surface area contributed by atoms with Crippen molar-refractivity contribution in [1.82, 2.24) is 4.90 Å². The highest BCUT2D eigenvalue weighted by molar-refractivity contribution is 6.30. The molecule has 0 aliphatic heterocycles. The zero-order chi connectivity index (χ0) is 18.6. The Kier molecular flexibility index (Phi) is 5.95. The molecule has 0 aliphatic carbocycles. The summed E-state index contributed by atoms with van der Waals surface area (Å²) in [6, 6.07) is 9.83. The van der Waals surface area contributed by atoms with Gasteiger partial charge in [-0.1, -0.05) is 29.8 Å². The van der Waals surface area contributed by atoms with E-state index in [9.17, 15) is 18.0 Å². The summed E-state index contributed by atoms with van der Waals surface area (Å²) in [5, 5.41) is 0.509. The number of alkyl halides is 3. The fourth-order valence-electron chi connectivity index (χ4n) is 2.38. The highest BCUT2D eigenvalue weighted by Gasteiger charge is 2.30. The second-order valence-corrected chi connectivity index (χ2v) is 6.02. The van der Waals surface area contributed by atoms with E-state index in [1.54, 1.807) is 25.2 Å². The summed E-state index contributed by atoms with van der Waals surface area (Å²) in [4.78, 5) is 13.8. The maximum absolute atomic E-state index is 12.8. The summed E-state index contributed by atoms with van der Waals surface area (Å²) in [5.74, 6) is 0.282. The quantitative estimate of drug-likeness (QED) is 0.770. The Bertz CT molecular complexity index is 762. The molecule has 0 bridgehead atoms. The van der Waals surface area contributed by atoms with Crippen molar-refractivity contribution in [2.75, 3.05) is 14.2 Å². The molecule has 7 heteroatoms. The first kappa shape index (κ1) is 19.1. The number of rotatable bonds is 5. The van der Waals surface area contributed by atoms with Crippen molar-refractivity contribution >= 4 is 17.5 Å². The number of carbonyl (C=O) groups excluding carboxylic acids is 1. The minimum atomic E-state index is -4.43. The van der Waals surface area contributed by atoms with Gasteiger partial charge in [-0.15, -0.1) is 0 Å².